The van der Waals surface area contributed by atoms with Gasteiger partial charge in [0.15, 0.2) is 0 Å². The Hall–Kier alpha value is -1.84. The fraction of sp³-hybridized carbons (Fsp3) is 0.111. The molecule has 0 heterocycles. The smallest absolute Gasteiger partial charge is 0.337 e. The summed E-state index contributed by atoms with van der Waals surface area (Å²) in [4.78, 5) is 20.7. The summed E-state index contributed by atoms with van der Waals surface area (Å²) < 4.78 is 0. The lowest BCUT2D eigenvalue weighted by Gasteiger charge is -2.05. The zero-order valence-corrected chi connectivity index (χ0v) is 6.86. The average molecular weight is 179 g/mol. The van der Waals surface area contributed by atoms with E-state index in [0.717, 1.165) is 0 Å². The van der Waals surface area contributed by atoms with Gasteiger partial charge in [0, 0.05) is 5.69 Å². The van der Waals surface area contributed by atoms with Gasteiger partial charge >= 0.3 is 5.97 Å². The van der Waals surface area contributed by atoms with Gasteiger partial charge in [-0.1, -0.05) is 12.1 Å². The van der Waals surface area contributed by atoms with E-state index in [2.05, 4.69) is 5.32 Å². The summed E-state index contributed by atoms with van der Waals surface area (Å²) in [5, 5.41) is 11.4. The maximum Gasteiger partial charge on any atom is 0.337 e. The molecule has 0 bridgehead atoms. The summed E-state index contributed by atoms with van der Waals surface area (Å²) in [7, 11) is 0. The van der Waals surface area contributed by atoms with Crippen molar-refractivity contribution in [1.82, 2.24) is 0 Å². The summed E-state index contributed by atoms with van der Waals surface area (Å²) in [6, 6.07) is 6.44. The molecular formula is C9H9NO3. The van der Waals surface area contributed by atoms with Crippen molar-refractivity contribution in [3.8, 4) is 0 Å². The van der Waals surface area contributed by atoms with E-state index >= 15 is 0 Å². The molecule has 0 aromatic heterocycles. The number of hydrogen-bond acceptors (Lipinski definition) is 3. The van der Waals surface area contributed by atoms with Gasteiger partial charge in [0.2, 0.25) is 0 Å². The Morgan fingerprint density at radius 3 is 2.77 bits per heavy atom. The molecule has 0 atom stereocenters. The van der Waals surface area contributed by atoms with Crippen LogP contribution >= 0.6 is 0 Å². The summed E-state index contributed by atoms with van der Waals surface area (Å²) in [6.07, 6.45) is 0.679. The van der Waals surface area contributed by atoms with Gasteiger partial charge in [-0.25, -0.2) is 4.79 Å². The van der Waals surface area contributed by atoms with Gasteiger partial charge in [-0.3, -0.25) is 0 Å². The highest BCUT2D eigenvalue weighted by Crippen LogP contribution is 2.13. The van der Waals surface area contributed by atoms with Crippen LogP contribution in [0, 0.1) is 0 Å². The SMILES string of the molecule is O=CCNc1ccccc1C(=O)O. The van der Waals surface area contributed by atoms with Crippen molar-refractivity contribution >= 4 is 17.9 Å². The lowest BCUT2D eigenvalue weighted by Crippen LogP contribution is -2.07. The molecule has 0 amide bonds. The van der Waals surface area contributed by atoms with Crippen LogP contribution < -0.4 is 5.32 Å². The number of carbonyl (C=O) groups is 2. The molecule has 0 fully saturated rings. The van der Waals surface area contributed by atoms with Gasteiger partial charge in [-0.2, -0.15) is 0 Å². The molecule has 4 nitrogen and oxygen atoms in total. The Labute approximate surface area is 75.2 Å². The number of rotatable bonds is 4. The van der Waals surface area contributed by atoms with Crippen LogP contribution in [0.5, 0.6) is 0 Å². The zero-order chi connectivity index (χ0) is 9.68. The Morgan fingerprint density at radius 2 is 2.15 bits per heavy atom. The van der Waals surface area contributed by atoms with Crippen molar-refractivity contribution in [3.63, 3.8) is 0 Å². The molecular weight excluding hydrogens is 170 g/mol. The second-order valence-corrected chi connectivity index (χ2v) is 2.40. The van der Waals surface area contributed by atoms with Gasteiger partial charge in [0.25, 0.3) is 0 Å². The molecule has 2 N–H and O–H groups in total. The van der Waals surface area contributed by atoms with Crippen molar-refractivity contribution in [2.45, 2.75) is 0 Å². The highest BCUT2D eigenvalue weighted by Gasteiger charge is 2.07. The molecule has 0 spiro atoms. The van der Waals surface area contributed by atoms with Gasteiger partial charge in [-0.15, -0.1) is 0 Å². The van der Waals surface area contributed by atoms with Crippen LogP contribution in [0.2, 0.25) is 0 Å². The molecule has 0 unspecified atom stereocenters. The molecule has 1 aromatic carbocycles. The summed E-state index contributed by atoms with van der Waals surface area (Å²) >= 11 is 0. The van der Waals surface area contributed by atoms with E-state index in [0.29, 0.717) is 12.0 Å². The van der Waals surface area contributed by atoms with Crippen molar-refractivity contribution in [2.24, 2.45) is 0 Å². The minimum absolute atomic E-state index is 0.115. The molecule has 0 saturated heterocycles. The maximum atomic E-state index is 10.7. The lowest BCUT2D eigenvalue weighted by molar-refractivity contribution is -0.106. The lowest BCUT2D eigenvalue weighted by atomic mass is 10.2. The number of aldehydes is 1. The maximum absolute atomic E-state index is 10.7. The van der Waals surface area contributed by atoms with E-state index in [-0.39, 0.29) is 12.1 Å². The third kappa shape index (κ3) is 2.30. The molecule has 1 aromatic rings. The minimum Gasteiger partial charge on any atom is -0.478 e. The standard InChI is InChI=1S/C9H9NO3/c11-6-5-10-8-4-2-1-3-7(8)9(12)13/h1-4,6,10H,5H2,(H,12,13). The Kier molecular flexibility index (Phi) is 3.03. The van der Waals surface area contributed by atoms with Crippen LogP contribution in [-0.2, 0) is 4.79 Å². The first-order valence-corrected chi connectivity index (χ1v) is 3.75. The van der Waals surface area contributed by atoms with E-state index in [9.17, 15) is 9.59 Å². The van der Waals surface area contributed by atoms with Crippen LogP contribution in [0.3, 0.4) is 0 Å². The number of carboxylic acids is 1. The fourth-order valence-electron chi connectivity index (χ4n) is 0.975. The van der Waals surface area contributed by atoms with Crippen LogP contribution in [0.15, 0.2) is 24.3 Å². The summed E-state index contributed by atoms with van der Waals surface area (Å²) in [6.45, 7) is 0.115. The second kappa shape index (κ2) is 4.25. The Morgan fingerprint density at radius 1 is 1.46 bits per heavy atom. The molecule has 68 valence electrons. The summed E-state index contributed by atoms with van der Waals surface area (Å²) in [5.74, 6) is -1.01. The normalized spacial score (nSPS) is 9.23. The number of para-hydroxylation sites is 1. The van der Waals surface area contributed by atoms with Gasteiger partial charge in [-0.05, 0) is 12.1 Å². The second-order valence-electron chi connectivity index (χ2n) is 2.40. The average Bonchev–Trinajstić information content (AvgIpc) is 2.15. The monoisotopic (exact) mass is 179 g/mol. The molecule has 0 aliphatic rings. The van der Waals surface area contributed by atoms with Crippen molar-refractivity contribution in [3.05, 3.63) is 29.8 Å². The molecule has 1 rings (SSSR count). The third-order valence-corrected chi connectivity index (χ3v) is 1.53. The minimum atomic E-state index is -1.01. The van der Waals surface area contributed by atoms with Gasteiger partial charge in [0.1, 0.15) is 6.29 Å². The summed E-state index contributed by atoms with van der Waals surface area (Å²) in [5.41, 5.74) is 0.631. The van der Waals surface area contributed by atoms with E-state index in [1.807, 2.05) is 0 Å². The zero-order valence-electron chi connectivity index (χ0n) is 6.86. The first kappa shape index (κ1) is 9.25. The van der Waals surface area contributed by atoms with E-state index in [1.54, 1.807) is 18.2 Å². The first-order chi connectivity index (χ1) is 6.25. The number of benzene rings is 1. The Bertz CT molecular complexity index is 322. The highest BCUT2D eigenvalue weighted by molar-refractivity contribution is 5.94. The molecule has 0 radical (unpaired) electrons. The number of carbonyl (C=O) groups excluding carboxylic acids is 1. The quantitative estimate of drug-likeness (QED) is 0.676. The predicted octanol–water partition coefficient (Wildman–Crippen LogP) is 0.996. The van der Waals surface area contributed by atoms with Crippen molar-refractivity contribution < 1.29 is 14.7 Å². The van der Waals surface area contributed by atoms with Crippen LogP contribution in [0.25, 0.3) is 0 Å². The number of anilines is 1. The first-order valence-electron chi connectivity index (χ1n) is 3.75. The number of carboxylic acid groups (broad SMARTS) is 1. The van der Waals surface area contributed by atoms with E-state index < -0.39 is 5.97 Å². The highest BCUT2D eigenvalue weighted by atomic mass is 16.4. The number of hydrogen-bond donors (Lipinski definition) is 2. The Balaban J connectivity index is 2.90. The van der Waals surface area contributed by atoms with Gasteiger partial charge < -0.3 is 15.2 Å². The van der Waals surface area contributed by atoms with Gasteiger partial charge in [0.05, 0.1) is 12.1 Å². The van der Waals surface area contributed by atoms with Crippen molar-refractivity contribution in [2.75, 3.05) is 11.9 Å². The fourth-order valence-corrected chi connectivity index (χ4v) is 0.975. The van der Waals surface area contributed by atoms with Crippen LogP contribution in [0.1, 0.15) is 10.4 Å². The number of nitrogens with one attached hydrogen (secondary N) is 1. The van der Waals surface area contributed by atoms with Crippen LogP contribution in [-0.4, -0.2) is 23.9 Å². The predicted molar refractivity (Wildman–Crippen MR) is 48.0 cm³/mol. The largest absolute Gasteiger partial charge is 0.478 e. The molecule has 13 heavy (non-hydrogen) atoms. The number of aromatic carboxylic acids is 1. The molecule has 4 heteroatoms. The topological polar surface area (TPSA) is 66.4 Å². The third-order valence-electron chi connectivity index (χ3n) is 1.53. The van der Waals surface area contributed by atoms with E-state index in [4.69, 9.17) is 5.11 Å². The molecule has 0 aliphatic heterocycles. The van der Waals surface area contributed by atoms with E-state index in [1.165, 1.54) is 6.07 Å². The molecule has 0 saturated carbocycles. The van der Waals surface area contributed by atoms with Crippen LogP contribution in [0.4, 0.5) is 5.69 Å². The molecule has 0 aliphatic carbocycles. The van der Waals surface area contributed by atoms with Crippen molar-refractivity contribution in [1.29, 1.82) is 0 Å².